The predicted molar refractivity (Wildman–Crippen MR) is 194 cm³/mol. The maximum absolute atomic E-state index is 13.4. The van der Waals surface area contributed by atoms with Gasteiger partial charge in [-0.25, -0.2) is 43.3 Å². The third kappa shape index (κ3) is 15.8. The lowest BCUT2D eigenvalue weighted by Crippen LogP contribution is -2.52. The van der Waals surface area contributed by atoms with Gasteiger partial charge in [-0.05, 0) is 26.7 Å². The molecule has 0 spiro atoms. The fourth-order valence-electron chi connectivity index (χ4n) is 4.25. The molecule has 5 amide bonds. The van der Waals surface area contributed by atoms with Gasteiger partial charge in [-0.1, -0.05) is 50.6 Å². The van der Waals surface area contributed by atoms with E-state index in [-0.39, 0.29) is 73.8 Å². The number of rotatable bonds is 23. The van der Waals surface area contributed by atoms with Crippen LogP contribution < -0.4 is 5.32 Å². The molecule has 0 aromatic heterocycles. The van der Waals surface area contributed by atoms with Crippen LogP contribution in [0, 0.1) is 0 Å². The van der Waals surface area contributed by atoms with Crippen molar-refractivity contribution in [2.24, 2.45) is 0 Å². The van der Waals surface area contributed by atoms with Crippen molar-refractivity contribution in [3.05, 3.63) is 84.1 Å². The monoisotopic (exact) mass is 787 g/mol. The molecule has 0 fully saturated rings. The van der Waals surface area contributed by atoms with Crippen LogP contribution in [0.1, 0.15) is 26.7 Å². The van der Waals surface area contributed by atoms with Crippen LogP contribution in [0.4, 0.5) is 9.59 Å². The fraction of sp³-hybridized carbons (Fsp3) is 0.378. The Balaban J connectivity index is 2.93. The first-order chi connectivity index (χ1) is 26.6. The van der Waals surface area contributed by atoms with Crippen LogP contribution >= 0.6 is 0 Å². The molecule has 19 heteroatoms. The minimum atomic E-state index is -1.24. The highest BCUT2D eigenvalue weighted by Crippen LogP contribution is 2.22. The van der Waals surface area contributed by atoms with Crippen LogP contribution in [-0.4, -0.2) is 135 Å². The van der Waals surface area contributed by atoms with Crippen molar-refractivity contribution < 1.29 is 76.7 Å². The van der Waals surface area contributed by atoms with Crippen LogP contribution in [-0.2, 0) is 62.0 Å². The molecular weight excluding hydrogens is 742 g/mol. The smallest absolute Gasteiger partial charge is 0.339 e. The number of carbonyl (C=O) groups is 9. The first kappa shape index (κ1) is 47.4. The van der Waals surface area contributed by atoms with E-state index in [9.17, 15) is 48.3 Å². The maximum atomic E-state index is 13.4. The number of aliphatic hydroxyl groups is 1. The van der Waals surface area contributed by atoms with E-state index in [1.807, 2.05) is 0 Å². The number of allylic oxidation sites excluding steroid dienone is 2. The number of carbonyl (C=O) groups excluding carboxylic acids is 9. The Morgan fingerprint density at radius 2 is 1.07 bits per heavy atom. The second-order valence-corrected chi connectivity index (χ2v) is 11.1. The summed E-state index contributed by atoms with van der Waals surface area (Å²) in [5.41, 5.74) is -0.670. The number of nitrogens with zero attached hydrogens (tertiary/aromatic N) is 2. The molecule has 0 atom stereocenters. The van der Waals surface area contributed by atoms with Gasteiger partial charge in [0.2, 0.25) is 6.41 Å². The standard InChI is InChI=1S/C37H45N3O16/c1-7-26(27(8-2)33(46)55-21-19-53-30(43)24(3)4)32(45)52-18-15-40(36(49)38-23-42)37(50)39(13-16-41)14-17-51-34(47)28-11-9-10-12-29(28)35(48)56-22-20-54-31(44)25(5)6/h7-8,11-12,23,41H,1-3,5,9-10,13-22H2,4,6H3,(H,38,42,49)/b27-26-. The Bertz CT molecular complexity index is 1670. The molecule has 19 nitrogen and oxygen atoms in total. The van der Waals surface area contributed by atoms with Gasteiger partial charge >= 0.3 is 47.9 Å². The van der Waals surface area contributed by atoms with Gasteiger partial charge in [-0.3, -0.25) is 10.1 Å². The lowest BCUT2D eigenvalue weighted by molar-refractivity contribution is -0.147. The van der Waals surface area contributed by atoms with E-state index in [1.54, 1.807) is 5.32 Å². The topological polar surface area (TPSA) is 248 Å². The number of urea groups is 2. The highest BCUT2D eigenvalue weighted by atomic mass is 16.6. The zero-order chi connectivity index (χ0) is 42.2. The zero-order valence-electron chi connectivity index (χ0n) is 31.2. The summed E-state index contributed by atoms with van der Waals surface area (Å²) < 4.78 is 30.2. The van der Waals surface area contributed by atoms with Crippen molar-refractivity contribution in [1.82, 2.24) is 15.1 Å². The van der Waals surface area contributed by atoms with E-state index in [4.69, 9.17) is 28.4 Å². The van der Waals surface area contributed by atoms with Crippen molar-refractivity contribution in [3.8, 4) is 0 Å². The van der Waals surface area contributed by atoms with Crippen molar-refractivity contribution in [1.29, 1.82) is 0 Å². The molecular formula is C37H45N3O16. The first-order valence-corrected chi connectivity index (χ1v) is 16.8. The van der Waals surface area contributed by atoms with E-state index in [0.29, 0.717) is 17.7 Å². The largest absolute Gasteiger partial charge is 0.460 e. The van der Waals surface area contributed by atoms with Gasteiger partial charge in [0.15, 0.2) is 0 Å². The van der Waals surface area contributed by atoms with Crippen molar-refractivity contribution in [2.75, 3.05) is 65.9 Å². The SMILES string of the molecule is C=C/C(C(=O)OCCOC(=O)C(=C)C)=C(\C=C)C(=O)OCCN(C(=O)NC=O)C(=O)N(CCO)CCOC(=O)C1=CCCC=C1C(=O)OCCOC(=O)C(=C)C. The minimum absolute atomic E-state index is 0.00438. The van der Waals surface area contributed by atoms with Crippen LogP contribution in [0.3, 0.4) is 0 Å². The Morgan fingerprint density at radius 1 is 0.661 bits per heavy atom. The van der Waals surface area contributed by atoms with E-state index in [0.717, 1.165) is 17.1 Å². The van der Waals surface area contributed by atoms with Gasteiger partial charge in [0, 0.05) is 17.7 Å². The number of nitrogens with one attached hydrogen (secondary N) is 1. The molecule has 0 saturated carbocycles. The molecule has 1 aliphatic rings. The lowest BCUT2D eigenvalue weighted by Gasteiger charge is -2.28. The predicted octanol–water partition coefficient (Wildman–Crippen LogP) is 1.30. The molecule has 1 aliphatic carbocycles. The van der Waals surface area contributed by atoms with E-state index >= 15 is 0 Å². The van der Waals surface area contributed by atoms with Gasteiger partial charge in [-0.15, -0.1) is 0 Å². The summed E-state index contributed by atoms with van der Waals surface area (Å²) in [6, 6.07) is -2.33. The quantitative estimate of drug-likeness (QED) is 0.0370. The zero-order valence-corrected chi connectivity index (χ0v) is 31.2. The number of hydrogen-bond donors (Lipinski definition) is 2. The number of ether oxygens (including phenoxy) is 6. The van der Waals surface area contributed by atoms with Gasteiger partial charge in [0.25, 0.3) is 0 Å². The molecule has 0 aromatic carbocycles. The Hall–Kier alpha value is -6.63. The number of aliphatic hydroxyl groups excluding tert-OH is 1. The van der Waals surface area contributed by atoms with Crippen molar-refractivity contribution in [2.45, 2.75) is 26.7 Å². The molecule has 0 saturated heterocycles. The average molecular weight is 788 g/mol. The summed E-state index contributed by atoms with van der Waals surface area (Å²) in [6.45, 7) is 12.3. The van der Waals surface area contributed by atoms with Crippen LogP contribution in [0.2, 0.25) is 0 Å². The fourth-order valence-corrected chi connectivity index (χ4v) is 4.25. The Kier molecular flexibility index (Phi) is 21.5. The summed E-state index contributed by atoms with van der Waals surface area (Å²) in [6.07, 6.45) is 5.72. The lowest BCUT2D eigenvalue weighted by atomic mass is 9.98. The molecule has 0 aliphatic heterocycles. The summed E-state index contributed by atoms with van der Waals surface area (Å²) in [4.78, 5) is 113. The van der Waals surface area contributed by atoms with Gasteiger partial charge < -0.3 is 38.4 Å². The average Bonchev–Trinajstić information content (AvgIpc) is 3.17. The molecule has 0 aromatic rings. The molecule has 56 heavy (non-hydrogen) atoms. The van der Waals surface area contributed by atoms with E-state index in [2.05, 4.69) is 26.3 Å². The van der Waals surface area contributed by atoms with E-state index < -0.39 is 79.8 Å². The third-order valence-electron chi connectivity index (χ3n) is 6.97. The molecule has 0 bridgehead atoms. The molecule has 0 radical (unpaired) electrons. The van der Waals surface area contributed by atoms with Crippen LogP contribution in [0.25, 0.3) is 0 Å². The summed E-state index contributed by atoms with van der Waals surface area (Å²) in [5, 5.41) is 11.4. The number of esters is 6. The normalized spacial score (nSPS) is 12.1. The highest BCUT2D eigenvalue weighted by molar-refractivity contribution is 6.07. The molecule has 304 valence electrons. The molecule has 1 rings (SSSR count). The van der Waals surface area contributed by atoms with E-state index in [1.165, 1.54) is 26.0 Å². The Labute approximate surface area is 322 Å². The summed E-state index contributed by atoms with van der Waals surface area (Å²) in [5.74, 6) is -5.35. The molecule has 2 N–H and O–H groups in total. The number of hydrogen-bond acceptors (Lipinski definition) is 16. The Morgan fingerprint density at radius 3 is 1.50 bits per heavy atom. The van der Waals surface area contributed by atoms with Crippen LogP contribution in [0.15, 0.2) is 84.1 Å². The van der Waals surface area contributed by atoms with Gasteiger partial charge in [0.1, 0.15) is 39.6 Å². The maximum Gasteiger partial charge on any atom is 0.339 e. The summed E-state index contributed by atoms with van der Waals surface area (Å²) >= 11 is 0. The second-order valence-electron chi connectivity index (χ2n) is 11.1. The minimum Gasteiger partial charge on any atom is -0.460 e. The third-order valence-corrected chi connectivity index (χ3v) is 6.97. The number of amides is 5. The van der Waals surface area contributed by atoms with Gasteiger partial charge in [0.05, 0.1) is 42.0 Å². The molecule has 0 heterocycles. The van der Waals surface area contributed by atoms with Crippen molar-refractivity contribution in [3.63, 3.8) is 0 Å². The second kappa shape index (κ2) is 25.4. The van der Waals surface area contributed by atoms with Crippen LogP contribution in [0.5, 0.6) is 0 Å². The molecule has 0 unspecified atom stereocenters. The first-order valence-electron chi connectivity index (χ1n) is 16.8. The van der Waals surface area contributed by atoms with Crippen molar-refractivity contribution >= 4 is 54.3 Å². The van der Waals surface area contributed by atoms with Gasteiger partial charge in [-0.2, -0.15) is 0 Å². The number of imide groups is 2. The highest BCUT2D eigenvalue weighted by Gasteiger charge is 2.29. The summed E-state index contributed by atoms with van der Waals surface area (Å²) in [7, 11) is 0.